The van der Waals surface area contributed by atoms with E-state index in [-0.39, 0.29) is 17.9 Å². The molecular weight excluding hydrogens is 290 g/mol. The molecule has 1 saturated heterocycles. The molecule has 0 aromatic heterocycles. The standard InChI is InChI=1S/C19H27NO3/c1-20(13-19(14-21)8-10-23-11-9-19)18(22)12-16-7-6-15-4-2-3-5-17(15)16/h2-5,16,21H,6-14H2,1H3/t16-/m1/s1. The van der Waals surface area contributed by atoms with Gasteiger partial charge in [-0.1, -0.05) is 24.3 Å². The molecule has 0 bridgehead atoms. The molecule has 1 heterocycles. The molecule has 1 aliphatic heterocycles. The van der Waals surface area contributed by atoms with Crippen LogP contribution in [-0.2, 0) is 16.0 Å². The van der Waals surface area contributed by atoms with Crippen LogP contribution in [-0.4, -0.2) is 49.3 Å². The van der Waals surface area contributed by atoms with Crippen LogP contribution in [0, 0.1) is 5.41 Å². The van der Waals surface area contributed by atoms with Gasteiger partial charge in [0.05, 0.1) is 6.61 Å². The number of carbonyl (C=O) groups is 1. The molecule has 1 N–H and O–H groups in total. The van der Waals surface area contributed by atoms with Crippen LogP contribution in [0.2, 0.25) is 0 Å². The second kappa shape index (κ2) is 7.02. The molecule has 4 nitrogen and oxygen atoms in total. The lowest BCUT2D eigenvalue weighted by molar-refractivity contribution is -0.133. The highest BCUT2D eigenvalue weighted by Gasteiger charge is 2.35. The number of fused-ring (bicyclic) bond motifs is 1. The Hall–Kier alpha value is -1.39. The van der Waals surface area contributed by atoms with Crippen molar-refractivity contribution in [3.8, 4) is 0 Å². The van der Waals surface area contributed by atoms with Crippen molar-refractivity contribution < 1.29 is 14.6 Å². The monoisotopic (exact) mass is 317 g/mol. The van der Waals surface area contributed by atoms with Crippen LogP contribution in [0.5, 0.6) is 0 Å². The van der Waals surface area contributed by atoms with E-state index in [9.17, 15) is 9.90 Å². The molecule has 1 amide bonds. The second-order valence-corrected chi connectivity index (χ2v) is 7.16. The van der Waals surface area contributed by atoms with Gasteiger partial charge in [-0.3, -0.25) is 4.79 Å². The first-order chi connectivity index (χ1) is 11.1. The van der Waals surface area contributed by atoms with E-state index in [2.05, 4.69) is 24.3 Å². The minimum Gasteiger partial charge on any atom is -0.396 e. The summed E-state index contributed by atoms with van der Waals surface area (Å²) in [5.41, 5.74) is 2.55. The molecule has 1 fully saturated rings. The average Bonchev–Trinajstić information content (AvgIpc) is 2.99. The predicted molar refractivity (Wildman–Crippen MR) is 89.3 cm³/mol. The van der Waals surface area contributed by atoms with Crippen LogP contribution < -0.4 is 0 Å². The summed E-state index contributed by atoms with van der Waals surface area (Å²) < 4.78 is 5.40. The van der Waals surface area contributed by atoms with E-state index in [1.165, 1.54) is 11.1 Å². The molecule has 1 aromatic carbocycles. The van der Waals surface area contributed by atoms with Gasteiger partial charge in [0, 0.05) is 38.6 Å². The van der Waals surface area contributed by atoms with E-state index in [4.69, 9.17) is 4.74 Å². The second-order valence-electron chi connectivity index (χ2n) is 7.16. The topological polar surface area (TPSA) is 49.8 Å². The Bertz CT molecular complexity index is 551. The maximum atomic E-state index is 12.7. The molecular formula is C19H27NO3. The number of aliphatic hydroxyl groups excluding tert-OH is 1. The molecule has 0 unspecified atom stereocenters. The summed E-state index contributed by atoms with van der Waals surface area (Å²) in [7, 11) is 1.87. The highest BCUT2D eigenvalue weighted by molar-refractivity contribution is 5.77. The molecule has 2 aliphatic rings. The van der Waals surface area contributed by atoms with Crippen molar-refractivity contribution in [2.24, 2.45) is 5.41 Å². The zero-order chi connectivity index (χ0) is 16.3. The molecule has 1 aromatic rings. The summed E-state index contributed by atoms with van der Waals surface area (Å²) in [6.07, 6.45) is 4.37. The summed E-state index contributed by atoms with van der Waals surface area (Å²) in [6, 6.07) is 8.47. The molecule has 0 spiro atoms. The van der Waals surface area contributed by atoms with E-state index in [1.54, 1.807) is 0 Å². The average molecular weight is 317 g/mol. The Balaban J connectivity index is 1.60. The Morgan fingerprint density at radius 1 is 1.35 bits per heavy atom. The summed E-state index contributed by atoms with van der Waals surface area (Å²) in [5.74, 6) is 0.534. The van der Waals surface area contributed by atoms with Crippen molar-refractivity contribution in [3.05, 3.63) is 35.4 Å². The summed E-state index contributed by atoms with van der Waals surface area (Å²) in [4.78, 5) is 14.5. The quantitative estimate of drug-likeness (QED) is 0.907. The van der Waals surface area contributed by atoms with Crippen LogP contribution in [0.15, 0.2) is 24.3 Å². The molecule has 1 atom stereocenters. The van der Waals surface area contributed by atoms with Gasteiger partial charge < -0.3 is 14.7 Å². The van der Waals surface area contributed by atoms with E-state index < -0.39 is 0 Å². The van der Waals surface area contributed by atoms with Gasteiger partial charge >= 0.3 is 0 Å². The molecule has 23 heavy (non-hydrogen) atoms. The number of hydrogen-bond donors (Lipinski definition) is 1. The lowest BCUT2D eigenvalue weighted by atomic mass is 9.80. The number of benzene rings is 1. The first kappa shape index (κ1) is 16.5. The number of nitrogens with zero attached hydrogens (tertiary/aromatic N) is 1. The third-order valence-electron chi connectivity index (χ3n) is 5.57. The fourth-order valence-electron chi connectivity index (χ4n) is 3.99. The van der Waals surface area contributed by atoms with Crippen molar-refractivity contribution >= 4 is 5.91 Å². The Kier molecular flexibility index (Phi) is 5.02. The summed E-state index contributed by atoms with van der Waals surface area (Å²) >= 11 is 0. The van der Waals surface area contributed by atoms with Crippen molar-refractivity contribution in [2.75, 3.05) is 33.4 Å². The first-order valence-electron chi connectivity index (χ1n) is 8.64. The van der Waals surface area contributed by atoms with Crippen LogP contribution in [0.4, 0.5) is 0 Å². The van der Waals surface area contributed by atoms with E-state index in [0.29, 0.717) is 32.1 Å². The third-order valence-corrected chi connectivity index (χ3v) is 5.57. The molecule has 126 valence electrons. The van der Waals surface area contributed by atoms with E-state index in [1.807, 2.05) is 11.9 Å². The number of rotatable bonds is 5. The van der Waals surface area contributed by atoms with Crippen LogP contribution in [0.1, 0.15) is 42.7 Å². The highest BCUT2D eigenvalue weighted by Crippen LogP contribution is 2.36. The van der Waals surface area contributed by atoms with Crippen molar-refractivity contribution in [1.82, 2.24) is 4.90 Å². The lowest BCUT2D eigenvalue weighted by Gasteiger charge is -2.38. The number of hydrogen-bond acceptors (Lipinski definition) is 3. The Morgan fingerprint density at radius 3 is 2.83 bits per heavy atom. The van der Waals surface area contributed by atoms with Gasteiger partial charge in [0.25, 0.3) is 0 Å². The smallest absolute Gasteiger partial charge is 0.222 e. The number of ether oxygens (including phenoxy) is 1. The maximum Gasteiger partial charge on any atom is 0.222 e. The summed E-state index contributed by atoms with van der Waals surface area (Å²) in [6.45, 7) is 2.11. The minimum absolute atomic E-state index is 0.125. The predicted octanol–water partition coefficient (Wildman–Crippen LogP) is 2.35. The SMILES string of the molecule is CN(CC1(CO)CCOCC1)C(=O)C[C@H]1CCc2ccccc21. The van der Waals surface area contributed by atoms with Gasteiger partial charge in [0.2, 0.25) is 5.91 Å². The number of aryl methyl sites for hydroxylation is 1. The fraction of sp³-hybridized carbons (Fsp3) is 0.632. The highest BCUT2D eigenvalue weighted by atomic mass is 16.5. The molecule has 0 saturated carbocycles. The minimum atomic E-state index is -0.184. The summed E-state index contributed by atoms with van der Waals surface area (Å²) in [5, 5.41) is 9.79. The van der Waals surface area contributed by atoms with Crippen molar-refractivity contribution in [1.29, 1.82) is 0 Å². The van der Waals surface area contributed by atoms with Gasteiger partial charge in [-0.2, -0.15) is 0 Å². The maximum absolute atomic E-state index is 12.7. The van der Waals surface area contributed by atoms with Gasteiger partial charge in [0.15, 0.2) is 0 Å². The third kappa shape index (κ3) is 3.59. The zero-order valence-corrected chi connectivity index (χ0v) is 14.0. The number of aliphatic hydroxyl groups is 1. The fourth-order valence-corrected chi connectivity index (χ4v) is 3.99. The van der Waals surface area contributed by atoms with Crippen molar-refractivity contribution in [3.63, 3.8) is 0 Å². The lowest BCUT2D eigenvalue weighted by Crippen LogP contribution is -2.44. The molecule has 1 aliphatic carbocycles. The van der Waals surface area contributed by atoms with Crippen LogP contribution in [0.25, 0.3) is 0 Å². The van der Waals surface area contributed by atoms with E-state index >= 15 is 0 Å². The van der Waals surface area contributed by atoms with Crippen LogP contribution >= 0.6 is 0 Å². The number of amides is 1. The number of carbonyl (C=O) groups excluding carboxylic acids is 1. The van der Waals surface area contributed by atoms with Gasteiger partial charge in [0.1, 0.15) is 0 Å². The zero-order valence-electron chi connectivity index (χ0n) is 14.0. The first-order valence-corrected chi connectivity index (χ1v) is 8.64. The van der Waals surface area contributed by atoms with Crippen LogP contribution in [0.3, 0.4) is 0 Å². The van der Waals surface area contributed by atoms with Gasteiger partial charge in [-0.15, -0.1) is 0 Å². The largest absolute Gasteiger partial charge is 0.396 e. The van der Waals surface area contributed by atoms with Gasteiger partial charge in [-0.25, -0.2) is 0 Å². The van der Waals surface area contributed by atoms with Gasteiger partial charge in [-0.05, 0) is 42.7 Å². The molecule has 4 heteroatoms. The molecule has 0 radical (unpaired) electrons. The van der Waals surface area contributed by atoms with E-state index in [0.717, 1.165) is 25.7 Å². The van der Waals surface area contributed by atoms with Crippen molar-refractivity contribution in [2.45, 2.75) is 38.0 Å². The normalized spacial score (nSPS) is 22.6. The molecule has 3 rings (SSSR count). The Labute approximate surface area is 138 Å². The Morgan fingerprint density at radius 2 is 2.09 bits per heavy atom.